The lowest BCUT2D eigenvalue weighted by Gasteiger charge is -2.16. The van der Waals surface area contributed by atoms with Crippen molar-refractivity contribution in [3.8, 4) is 5.75 Å². The molecule has 1 atom stereocenters. The summed E-state index contributed by atoms with van der Waals surface area (Å²) in [5.74, 6) is -2.25. The van der Waals surface area contributed by atoms with Gasteiger partial charge in [-0.15, -0.1) is 0 Å². The number of nitrogens with one attached hydrogen (secondary N) is 4. The van der Waals surface area contributed by atoms with Gasteiger partial charge in [-0.25, -0.2) is 8.42 Å². The lowest BCUT2D eigenvalue weighted by Crippen LogP contribution is -2.48. The monoisotopic (exact) mass is 539 g/mol. The molecule has 198 valence electrons. The number of hydrogen-bond acceptors (Lipinski definition) is 7. The highest BCUT2D eigenvalue weighted by atomic mass is 32.2. The summed E-state index contributed by atoms with van der Waals surface area (Å²) in [5.41, 5.74) is 6.79. The van der Waals surface area contributed by atoms with E-state index in [1.54, 1.807) is 24.3 Å². The van der Waals surface area contributed by atoms with E-state index in [-0.39, 0.29) is 21.9 Å². The van der Waals surface area contributed by atoms with Gasteiger partial charge in [-0.05, 0) is 72.8 Å². The average Bonchev–Trinajstić information content (AvgIpc) is 2.91. The smallest absolute Gasteiger partial charge is 0.323 e. The van der Waals surface area contributed by atoms with Crippen molar-refractivity contribution in [3.05, 3.63) is 89.5 Å². The number of sulfonamides is 1. The Morgan fingerprint density at radius 1 is 0.895 bits per heavy atom. The maximum Gasteiger partial charge on any atom is 0.323 e. The Hall–Kier alpha value is -4.75. The van der Waals surface area contributed by atoms with Crippen LogP contribution in [0, 0.1) is 5.41 Å². The molecule has 0 radical (unpaired) electrons. The number of carboxylic acids is 1. The number of carbonyl (C=O) groups excluding carboxylic acids is 2. The van der Waals surface area contributed by atoms with Crippen molar-refractivity contribution in [2.24, 2.45) is 5.73 Å². The second kappa shape index (κ2) is 12.0. The molecule has 0 aliphatic rings. The van der Waals surface area contributed by atoms with Crippen LogP contribution in [-0.2, 0) is 14.8 Å². The molecule has 12 nitrogen and oxygen atoms in total. The zero-order chi connectivity index (χ0) is 27.9. The summed E-state index contributed by atoms with van der Waals surface area (Å²) < 4.78 is 32.2. The fourth-order valence-electron chi connectivity index (χ4n) is 3.20. The molecule has 0 aromatic heterocycles. The molecule has 3 rings (SSSR count). The number of amidine groups is 1. The molecular weight excluding hydrogens is 514 g/mol. The summed E-state index contributed by atoms with van der Waals surface area (Å²) in [6.07, 6.45) is 0. The molecule has 0 fully saturated rings. The highest BCUT2D eigenvalue weighted by molar-refractivity contribution is 7.89. The Bertz CT molecular complexity index is 1440. The third kappa shape index (κ3) is 7.15. The molecule has 13 heteroatoms. The minimum Gasteiger partial charge on any atom is -0.497 e. The molecule has 0 spiro atoms. The first kappa shape index (κ1) is 27.8. The van der Waals surface area contributed by atoms with E-state index in [4.69, 9.17) is 15.9 Å². The number of carboxylic acid groups (broad SMARTS) is 1. The third-order valence-electron chi connectivity index (χ3n) is 5.30. The predicted molar refractivity (Wildman–Crippen MR) is 139 cm³/mol. The lowest BCUT2D eigenvalue weighted by atomic mass is 10.1. The maximum absolute atomic E-state index is 12.6. The molecule has 38 heavy (non-hydrogen) atoms. The van der Waals surface area contributed by atoms with Crippen molar-refractivity contribution in [3.63, 3.8) is 0 Å². The van der Waals surface area contributed by atoms with Gasteiger partial charge >= 0.3 is 5.97 Å². The second-order valence-corrected chi connectivity index (χ2v) is 9.63. The molecule has 0 saturated carbocycles. The number of carbonyl (C=O) groups is 3. The lowest BCUT2D eigenvalue weighted by molar-refractivity contribution is -0.138. The summed E-state index contributed by atoms with van der Waals surface area (Å²) in [6, 6.07) is 15.7. The molecule has 2 amide bonds. The number of amides is 2. The van der Waals surface area contributed by atoms with Crippen molar-refractivity contribution in [1.29, 1.82) is 5.41 Å². The zero-order valence-corrected chi connectivity index (χ0v) is 20.9. The molecular formula is C25H25N5O7S. The van der Waals surface area contributed by atoms with E-state index in [2.05, 4.69) is 15.4 Å². The fourth-order valence-corrected chi connectivity index (χ4v) is 4.38. The van der Waals surface area contributed by atoms with Crippen LogP contribution < -0.4 is 25.8 Å². The fraction of sp³-hybridized carbons (Fsp3) is 0.120. The van der Waals surface area contributed by atoms with Crippen LogP contribution in [-0.4, -0.2) is 56.8 Å². The number of nitrogen functional groups attached to an aromatic ring is 1. The Balaban J connectivity index is 1.60. The van der Waals surface area contributed by atoms with Gasteiger partial charge in [0.15, 0.2) is 0 Å². The first-order valence-electron chi connectivity index (χ1n) is 11.0. The van der Waals surface area contributed by atoms with Crippen LogP contribution >= 0.6 is 0 Å². The van der Waals surface area contributed by atoms with E-state index < -0.39 is 40.4 Å². The second-order valence-electron chi connectivity index (χ2n) is 7.92. The summed E-state index contributed by atoms with van der Waals surface area (Å²) >= 11 is 0. The van der Waals surface area contributed by atoms with Gasteiger partial charge in [0.25, 0.3) is 11.8 Å². The minimum atomic E-state index is -4.19. The number of ether oxygens (including phenoxy) is 1. The van der Waals surface area contributed by atoms with Gasteiger partial charge in [-0.1, -0.05) is 0 Å². The Morgan fingerprint density at radius 2 is 1.42 bits per heavy atom. The molecule has 0 heterocycles. The molecule has 1 unspecified atom stereocenters. The van der Waals surface area contributed by atoms with Crippen LogP contribution in [0.1, 0.15) is 26.3 Å². The van der Waals surface area contributed by atoms with Gasteiger partial charge in [-0.2, -0.15) is 4.72 Å². The number of nitrogens with two attached hydrogens (primary N) is 1. The predicted octanol–water partition coefficient (Wildman–Crippen LogP) is 1.39. The Labute approximate surface area is 218 Å². The van der Waals surface area contributed by atoms with Gasteiger partial charge < -0.3 is 26.2 Å². The maximum atomic E-state index is 12.6. The van der Waals surface area contributed by atoms with Crippen LogP contribution in [0.5, 0.6) is 5.75 Å². The first-order chi connectivity index (χ1) is 18.0. The highest BCUT2D eigenvalue weighted by Gasteiger charge is 2.26. The van der Waals surface area contributed by atoms with E-state index in [1.807, 2.05) is 0 Å². The Morgan fingerprint density at radius 3 is 1.92 bits per heavy atom. The van der Waals surface area contributed by atoms with E-state index in [1.165, 1.54) is 55.6 Å². The molecule has 0 bridgehead atoms. The summed E-state index contributed by atoms with van der Waals surface area (Å²) in [7, 11) is -2.77. The van der Waals surface area contributed by atoms with Gasteiger partial charge in [0, 0.05) is 28.9 Å². The zero-order valence-electron chi connectivity index (χ0n) is 20.1. The Kier molecular flexibility index (Phi) is 8.78. The van der Waals surface area contributed by atoms with Crippen LogP contribution in [0.2, 0.25) is 0 Å². The molecule has 3 aromatic rings. The normalized spacial score (nSPS) is 11.7. The molecule has 7 N–H and O–H groups in total. The summed E-state index contributed by atoms with van der Waals surface area (Å²) in [6.45, 7) is -0.526. The largest absolute Gasteiger partial charge is 0.497 e. The summed E-state index contributed by atoms with van der Waals surface area (Å²) in [5, 5.41) is 21.9. The van der Waals surface area contributed by atoms with Crippen LogP contribution in [0.4, 0.5) is 5.69 Å². The molecule has 3 aromatic carbocycles. The number of rotatable bonds is 11. The minimum absolute atomic E-state index is 0.0962. The van der Waals surface area contributed by atoms with Gasteiger partial charge in [-0.3, -0.25) is 19.8 Å². The van der Waals surface area contributed by atoms with E-state index in [0.717, 1.165) is 0 Å². The van der Waals surface area contributed by atoms with Crippen molar-refractivity contribution < 1.29 is 32.6 Å². The van der Waals surface area contributed by atoms with E-state index in [0.29, 0.717) is 17.0 Å². The van der Waals surface area contributed by atoms with E-state index >= 15 is 0 Å². The van der Waals surface area contributed by atoms with Crippen LogP contribution in [0.15, 0.2) is 77.7 Å². The molecule has 0 aliphatic carbocycles. The van der Waals surface area contributed by atoms with Gasteiger partial charge in [0.05, 0.1) is 12.0 Å². The quantitative estimate of drug-likeness (QED) is 0.155. The number of hydrogen-bond donors (Lipinski definition) is 6. The standard InChI is InChI=1S/C25H25N5O7S/c1-37-19-10-12-20(13-11-19)38(35,36)30-21(25(33)34)14-28-23(31)16-2-4-17(5-3-16)24(32)29-18-8-6-15(7-9-18)22(26)27/h2-13,21,30H,14H2,1H3,(H3,26,27)(H,28,31)(H,29,32)(H,33,34). The third-order valence-corrected chi connectivity index (χ3v) is 6.78. The molecule has 0 aliphatic heterocycles. The van der Waals surface area contributed by atoms with Crippen molar-refractivity contribution in [2.45, 2.75) is 10.9 Å². The van der Waals surface area contributed by atoms with Crippen LogP contribution in [0.3, 0.4) is 0 Å². The number of methoxy groups -OCH3 is 1. The number of anilines is 1. The average molecular weight is 540 g/mol. The first-order valence-corrected chi connectivity index (χ1v) is 12.5. The SMILES string of the molecule is COc1ccc(S(=O)(=O)NC(CNC(=O)c2ccc(C(=O)Nc3ccc(C(=N)N)cc3)cc2)C(=O)O)cc1. The number of aliphatic carboxylic acids is 1. The van der Waals surface area contributed by atoms with Crippen LogP contribution in [0.25, 0.3) is 0 Å². The van der Waals surface area contributed by atoms with E-state index in [9.17, 15) is 27.9 Å². The van der Waals surface area contributed by atoms with Gasteiger partial charge in [0.2, 0.25) is 10.0 Å². The topological polar surface area (TPSA) is 201 Å². The van der Waals surface area contributed by atoms with Crippen molar-refractivity contribution in [2.75, 3.05) is 19.0 Å². The highest BCUT2D eigenvalue weighted by Crippen LogP contribution is 2.16. The van der Waals surface area contributed by atoms with Crippen molar-refractivity contribution in [1.82, 2.24) is 10.0 Å². The summed E-state index contributed by atoms with van der Waals surface area (Å²) in [4.78, 5) is 36.4. The molecule has 0 saturated heterocycles. The van der Waals surface area contributed by atoms with Gasteiger partial charge in [0.1, 0.15) is 17.6 Å². The number of benzene rings is 3. The van der Waals surface area contributed by atoms with Crippen molar-refractivity contribution >= 4 is 39.3 Å².